The number of alkyl halides is 3. The number of fused-ring (bicyclic) bond motifs is 1. The van der Waals surface area contributed by atoms with Gasteiger partial charge in [-0.25, -0.2) is 4.79 Å². The van der Waals surface area contributed by atoms with E-state index in [0.29, 0.717) is 28.7 Å². The molecule has 0 fully saturated rings. The molecule has 0 saturated heterocycles. The molecule has 9 heteroatoms. The lowest BCUT2D eigenvalue weighted by Crippen LogP contribution is -2.38. The van der Waals surface area contributed by atoms with E-state index in [1.807, 2.05) is 45.9 Å². The van der Waals surface area contributed by atoms with Gasteiger partial charge in [-0.15, -0.1) is 0 Å². The fourth-order valence-electron chi connectivity index (χ4n) is 5.53. The van der Waals surface area contributed by atoms with Gasteiger partial charge < -0.3 is 18.6 Å². The maximum atomic E-state index is 13.4. The van der Waals surface area contributed by atoms with Gasteiger partial charge in [0.1, 0.15) is 17.1 Å². The summed E-state index contributed by atoms with van der Waals surface area (Å²) in [5.74, 6) is -0.654. The van der Waals surface area contributed by atoms with Crippen LogP contribution in [-0.4, -0.2) is 32.5 Å². The lowest BCUT2D eigenvalue weighted by Gasteiger charge is -2.33. The first-order chi connectivity index (χ1) is 21.2. The summed E-state index contributed by atoms with van der Waals surface area (Å²) in [5, 5.41) is 0.616. The molecule has 6 nitrogen and oxygen atoms in total. The zero-order valence-corrected chi connectivity index (χ0v) is 27.5. The van der Waals surface area contributed by atoms with Crippen molar-refractivity contribution in [3.05, 3.63) is 58.4 Å². The normalized spacial score (nSPS) is 14.0. The topological polar surface area (TPSA) is 75.0 Å². The van der Waals surface area contributed by atoms with Crippen molar-refractivity contribution < 1.29 is 36.6 Å². The van der Waals surface area contributed by atoms with Gasteiger partial charge in [0.05, 0.1) is 37.7 Å². The third-order valence-electron chi connectivity index (χ3n) is 8.36. The number of halogens is 3. The smallest absolute Gasteiger partial charge is 0.389 e. The van der Waals surface area contributed by atoms with Crippen molar-refractivity contribution in [3.8, 4) is 22.6 Å². The first-order valence-corrected chi connectivity index (χ1v) is 15.8. The van der Waals surface area contributed by atoms with E-state index in [1.54, 1.807) is 32.2 Å². The van der Waals surface area contributed by atoms with Crippen LogP contribution in [0, 0.1) is 23.2 Å². The molecule has 0 aliphatic rings. The van der Waals surface area contributed by atoms with Crippen LogP contribution in [0.4, 0.5) is 13.2 Å². The summed E-state index contributed by atoms with van der Waals surface area (Å²) in [6.07, 6.45) is -0.835. The van der Waals surface area contributed by atoms with Crippen LogP contribution in [-0.2, 0) is 16.0 Å². The standard InChI is InChI=1S/C36H47F3O6/c1-8-9-10-11-25-12-15-29(32(16-25)42-7)30-17-27-13-14-28(18-31(27)45-33(30)40)43-21-26(20-36(37,38)39)22-44-34(41)35(6,24(4)5)19-23(2)3/h12-18,23-24,26H,8-11,19-22H2,1-7H3. The monoisotopic (exact) mass is 632 g/mol. The number of benzene rings is 2. The van der Waals surface area contributed by atoms with Crippen LogP contribution >= 0.6 is 0 Å². The summed E-state index contributed by atoms with van der Waals surface area (Å²) < 4.78 is 62.6. The van der Waals surface area contributed by atoms with E-state index < -0.39 is 42.1 Å². The van der Waals surface area contributed by atoms with E-state index >= 15 is 0 Å². The number of esters is 1. The second kappa shape index (κ2) is 15.7. The molecule has 0 N–H and O–H groups in total. The third-order valence-corrected chi connectivity index (χ3v) is 8.36. The Morgan fingerprint density at radius 3 is 2.29 bits per heavy atom. The van der Waals surface area contributed by atoms with E-state index in [-0.39, 0.29) is 29.8 Å². The second-order valence-corrected chi connectivity index (χ2v) is 12.9. The highest BCUT2D eigenvalue weighted by molar-refractivity contribution is 5.84. The molecule has 0 bridgehead atoms. The number of hydrogen-bond donors (Lipinski definition) is 0. The summed E-state index contributed by atoms with van der Waals surface area (Å²) in [6, 6.07) is 12.2. The largest absolute Gasteiger partial charge is 0.496 e. The van der Waals surface area contributed by atoms with Crippen LogP contribution in [0.1, 0.15) is 79.2 Å². The Kier molecular flexibility index (Phi) is 12.5. The molecular formula is C36H47F3O6. The molecule has 0 spiro atoms. The number of carbonyl (C=O) groups excluding carboxylic acids is 1. The molecule has 0 aliphatic heterocycles. The van der Waals surface area contributed by atoms with Gasteiger partial charge in [-0.1, -0.05) is 59.6 Å². The molecule has 2 aromatic carbocycles. The summed E-state index contributed by atoms with van der Waals surface area (Å²) in [6.45, 7) is 11.0. The van der Waals surface area contributed by atoms with E-state index in [4.69, 9.17) is 18.6 Å². The van der Waals surface area contributed by atoms with Crippen LogP contribution in [0.15, 0.2) is 51.7 Å². The molecular weight excluding hydrogens is 585 g/mol. The summed E-state index contributed by atoms with van der Waals surface area (Å²) in [5.41, 5.74) is 0.918. The summed E-state index contributed by atoms with van der Waals surface area (Å²) in [4.78, 5) is 26.1. The Morgan fingerprint density at radius 2 is 1.67 bits per heavy atom. The maximum absolute atomic E-state index is 13.4. The fourth-order valence-corrected chi connectivity index (χ4v) is 5.53. The minimum absolute atomic E-state index is 0.0477. The molecule has 0 aliphatic carbocycles. The van der Waals surface area contributed by atoms with Crippen molar-refractivity contribution in [3.63, 3.8) is 0 Å². The van der Waals surface area contributed by atoms with Crippen LogP contribution in [0.5, 0.6) is 11.5 Å². The van der Waals surface area contributed by atoms with Crippen molar-refractivity contribution in [2.75, 3.05) is 20.3 Å². The number of carbonyl (C=O) groups is 1. The van der Waals surface area contributed by atoms with Crippen LogP contribution in [0.3, 0.4) is 0 Å². The number of rotatable bonds is 16. The molecule has 1 aromatic heterocycles. The number of ether oxygens (including phenoxy) is 3. The van der Waals surface area contributed by atoms with Crippen LogP contribution in [0.25, 0.3) is 22.1 Å². The SMILES string of the molecule is CCCCCc1ccc(-c2cc3ccc(OCC(COC(=O)C(C)(CC(C)C)C(C)C)CC(F)(F)F)cc3oc2=O)c(OC)c1. The molecule has 3 rings (SSSR count). The predicted octanol–water partition coefficient (Wildman–Crippen LogP) is 9.40. The van der Waals surface area contributed by atoms with Gasteiger partial charge in [0.25, 0.3) is 0 Å². The second-order valence-electron chi connectivity index (χ2n) is 12.9. The molecule has 0 radical (unpaired) electrons. The minimum Gasteiger partial charge on any atom is -0.496 e. The third kappa shape index (κ3) is 10.00. The Hall–Kier alpha value is -3.49. The highest BCUT2D eigenvalue weighted by atomic mass is 19.4. The first-order valence-electron chi connectivity index (χ1n) is 15.8. The Balaban J connectivity index is 1.77. The lowest BCUT2D eigenvalue weighted by molar-refractivity contribution is -0.169. The van der Waals surface area contributed by atoms with Gasteiger partial charge in [-0.2, -0.15) is 13.2 Å². The number of aryl methyl sites for hydroxylation is 1. The van der Waals surface area contributed by atoms with Crippen LogP contribution in [0.2, 0.25) is 0 Å². The molecule has 45 heavy (non-hydrogen) atoms. The summed E-state index contributed by atoms with van der Waals surface area (Å²) >= 11 is 0. The van der Waals surface area contributed by atoms with Gasteiger partial charge in [-0.05, 0) is 67.9 Å². The number of methoxy groups -OCH3 is 1. The zero-order chi connectivity index (χ0) is 33.4. The van der Waals surface area contributed by atoms with Gasteiger partial charge in [0, 0.05) is 22.9 Å². The van der Waals surface area contributed by atoms with Gasteiger partial charge in [0.15, 0.2) is 0 Å². The van der Waals surface area contributed by atoms with Gasteiger partial charge in [0.2, 0.25) is 0 Å². The highest BCUT2D eigenvalue weighted by Gasteiger charge is 2.40. The average Bonchev–Trinajstić information content (AvgIpc) is 2.96. The van der Waals surface area contributed by atoms with Gasteiger partial charge >= 0.3 is 17.8 Å². The van der Waals surface area contributed by atoms with Crippen molar-refractivity contribution in [1.82, 2.24) is 0 Å². The van der Waals surface area contributed by atoms with Gasteiger partial charge in [-0.3, -0.25) is 4.79 Å². The molecule has 3 aromatic rings. The van der Waals surface area contributed by atoms with E-state index in [2.05, 4.69) is 6.92 Å². The maximum Gasteiger partial charge on any atom is 0.389 e. The van der Waals surface area contributed by atoms with Crippen LogP contribution < -0.4 is 15.1 Å². The average molecular weight is 633 g/mol. The molecule has 2 atom stereocenters. The van der Waals surface area contributed by atoms with Crippen molar-refractivity contribution in [2.45, 2.75) is 86.2 Å². The number of hydrogen-bond acceptors (Lipinski definition) is 6. The highest BCUT2D eigenvalue weighted by Crippen LogP contribution is 2.37. The fraction of sp³-hybridized carbons (Fsp3) is 0.556. The molecule has 0 saturated carbocycles. The van der Waals surface area contributed by atoms with E-state index in [1.165, 1.54) is 6.07 Å². The summed E-state index contributed by atoms with van der Waals surface area (Å²) in [7, 11) is 1.56. The Morgan fingerprint density at radius 1 is 0.933 bits per heavy atom. The minimum atomic E-state index is -4.47. The quantitative estimate of drug-likeness (QED) is 0.0890. The predicted molar refractivity (Wildman–Crippen MR) is 171 cm³/mol. The zero-order valence-electron chi connectivity index (χ0n) is 27.5. The van der Waals surface area contributed by atoms with Crippen molar-refractivity contribution in [2.24, 2.45) is 23.2 Å². The lowest BCUT2D eigenvalue weighted by atomic mass is 9.73. The van der Waals surface area contributed by atoms with E-state index in [0.717, 1.165) is 31.2 Å². The molecule has 2 unspecified atom stereocenters. The van der Waals surface area contributed by atoms with Crippen molar-refractivity contribution in [1.29, 1.82) is 0 Å². The Labute approximate surface area is 264 Å². The molecule has 248 valence electrons. The first kappa shape index (κ1) is 36.0. The van der Waals surface area contributed by atoms with E-state index in [9.17, 15) is 22.8 Å². The van der Waals surface area contributed by atoms with Crippen molar-refractivity contribution >= 4 is 16.9 Å². The molecule has 0 amide bonds. The number of unbranched alkanes of at least 4 members (excludes halogenated alkanes) is 2. The Bertz CT molecular complexity index is 1480. The molecule has 1 heterocycles.